The molecule has 2 aliphatic rings. The van der Waals surface area contributed by atoms with Gasteiger partial charge in [0.1, 0.15) is 28.6 Å². The Morgan fingerprint density at radius 1 is 1.20 bits per heavy atom. The summed E-state index contributed by atoms with van der Waals surface area (Å²) in [6.07, 6.45) is -3.27. The third-order valence-corrected chi connectivity index (χ3v) is 7.95. The lowest BCUT2D eigenvalue weighted by Crippen LogP contribution is -2.42. The number of halogens is 6. The summed E-state index contributed by atoms with van der Waals surface area (Å²) in [7, 11) is 1.45. The van der Waals surface area contributed by atoms with Crippen molar-refractivity contribution in [2.45, 2.75) is 44.0 Å². The van der Waals surface area contributed by atoms with Crippen LogP contribution < -0.4 is 10.6 Å². The number of alkyl halides is 3. The Hall–Kier alpha value is -4.23. The average molecular weight is 668 g/mol. The molecule has 5 rings (SSSR count). The summed E-state index contributed by atoms with van der Waals surface area (Å²) in [4.78, 5) is 35.1. The van der Waals surface area contributed by atoms with Crippen LogP contribution in [0.25, 0.3) is 11.3 Å². The summed E-state index contributed by atoms with van der Waals surface area (Å²) in [5.74, 6) is -1.01. The number of fused-ring (bicyclic) bond motifs is 4. The third-order valence-electron chi connectivity index (χ3n) is 7.38. The van der Waals surface area contributed by atoms with Crippen LogP contribution in [0.4, 0.5) is 33.7 Å². The summed E-state index contributed by atoms with van der Waals surface area (Å²) < 4.78 is 66.6. The van der Waals surface area contributed by atoms with Gasteiger partial charge in [0.25, 0.3) is 0 Å². The number of anilines is 2. The van der Waals surface area contributed by atoms with Crippen molar-refractivity contribution in [1.29, 1.82) is 0 Å². The lowest BCUT2D eigenvalue weighted by molar-refractivity contribution is -0.140. The minimum atomic E-state index is -4.90. The second kappa shape index (κ2) is 13.0. The molecule has 0 radical (unpaired) electrons. The molecule has 3 N–H and O–H groups in total. The molecule has 1 unspecified atom stereocenters. The molecule has 15 heteroatoms. The molecule has 0 aliphatic carbocycles. The van der Waals surface area contributed by atoms with Gasteiger partial charge in [-0.2, -0.15) is 13.2 Å². The van der Waals surface area contributed by atoms with Crippen molar-refractivity contribution >= 4 is 46.6 Å². The van der Waals surface area contributed by atoms with Crippen LogP contribution in [0.1, 0.15) is 54.8 Å². The van der Waals surface area contributed by atoms with E-state index >= 15 is 0 Å². The monoisotopic (exact) mass is 667 g/mol. The van der Waals surface area contributed by atoms with Gasteiger partial charge in [-0.3, -0.25) is 9.69 Å². The van der Waals surface area contributed by atoms with Gasteiger partial charge in [0.2, 0.25) is 5.91 Å². The van der Waals surface area contributed by atoms with E-state index in [1.54, 1.807) is 30.4 Å². The van der Waals surface area contributed by atoms with E-state index in [0.717, 1.165) is 6.07 Å². The molecule has 2 atom stereocenters. The lowest BCUT2D eigenvalue weighted by atomic mass is 9.97. The molecule has 0 saturated carbocycles. The molecule has 2 aromatic carbocycles. The summed E-state index contributed by atoms with van der Waals surface area (Å²) in [5, 5.41) is 5.45. The number of aromatic amines is 1. The molecule has 45 heavy (non-hydrogen) atoms. The Labute approximate surface area is 265 Å². The number of nitrogens with zero attached hydrogens (tertiary/aromatic N) is 2. The number of carbonyl (C=O) groups is 2. The van der Waals surface area contributed by atoms with Crippen LogP contribution >= 0.6 is 23.2 Å². The van der Waals surface area contributed by atoms with Crippen LogP contribution in [0, 0.1) is 5.82 Å². The highest BCUT2D eigenvalue weighted by molar-refractivity contribution is 6.32. The van der Waals surface area contributed by atoms with Crippen LogP contribution in [0.5, 0.6) is 0 Å². The molecule has 1 saturated heterocycles. The second-order valence-corrected chi connectivity index (χ2v) is 11.1. The quantitative estimate of drug-likeness (QED) is 0.143. The number of hydrogen-bond acceptors (Lipinski definition) is 6. The molecule has 3 heterocycles. The molecule has 2 bridgehead atoms. The van der Waals surface area contributed by atoms with Crippen LogP contribution in [0.2, 0.25) is 10.2 Å². The Bertz CT molecular complexity index is 1680. The number of H-pyrrole nitrogens is 1. The highest BCUT2D eigenvalue weighted by atomic mass is 35.5. The number of imidazole rings is 1. The lowest BCUT2D eigenvalue weighted by Gasteiger charge is -2.36. The zero-order valence-electron chi connectivity index (χ0n) is 23.7. The molecule has 2 aliphatic heterocycles. The fourth-order valence-corrected chi connectivity index (χ4v) is 5.62. The van der Waals surface area contributed by atoms with Crippen molar-refractivity contribution in [3.05, 3.63) is 87.9 Å². The van der Waals surface area contributed by atoms with Crippen molar-refractivity contribution in [3.63, 3.8) is 0 Å². The van der Waals surface area contributed by atoms with E-state index in [4.69, 9.17) is 32.7 Å². The first-order valence-electron chi connectivity index (χ1n) is 13.7. The minimum absolute atomic E-state index is 0.0893. The highest BCUT2D eigenvalue weighted by Crippen LogP contribution is 2.43. The van der Waals surface area contributed by atoms with E-state index in [1.165, 1.54) is 12.0 Å². The smallest absolute Gasteiger partial charge is 0.416 e. The van der Waals surface area contributed by atoms with E-state index < -0.39 is 46.4 Å². The molecule has 238 valence electrons. The molecular formula is C30H27Cl2F4N5O4. The van der Waals surface area contributed by atoms with Crippen molar-refractivity contribution in [1.82, 2.24) is 14.9 Å². The van der Waals surface area contributed by atoms with Gasteiger partial charge in [-0.25, -0.2) is 14.2 Å². The van der Waals surface area contributed by atoms with E-state index in [0.29, 0.717) is 29.4 Å². The van der Waals surface area contributed by atoms with Gasteiger partial charge in [0, 0.05) is 36.2 Å². The first-order chi connectivity index (χ1) is 21.4. The van der Waals surface area contributed by atoms with Gasteiger partial charge < -0.3 is 25.1 Å². The molecule has 3 aromatic rings. The number of amides is 2. The summed E-state index contributed by atoms with van der Waals surface area (Å²) in [5.41, 5.74) is -0.352. The molecule has 2 amide bonds. The van der Waals surface area contributed by atoms with Crippen molar-refractivity contribution < 1.29 is 36.6 Å². The zero-order valence-corrected chi connectivity index (χ0v) is 25.2. The maximum Gasteiger partial charge on any atom is 0.416 e. The average Bonchev–Trinajstić information content (AvgIpc) is 3.36. The van der Waals surface area contributed by atoms with Crippen molar-refractivity contribution in [2.24, 2.45) is 0 Å². The van der Waals surface area contributed by atoms with Crippen LogP contribution in [-0.2, 0) is 20.4 Å². The number of nitrogens with one attached hydrogen (secondary N) is 3. The van der Waals surface area contributed by atoms with E-state index in [-0.39, 0.29) is 54.3 Å². The Morgan fingerprint density at radius 3 is 2.69 bits per heavy atom. The Kier molecular flexibility index (Phi) is 9.31. The SMILES string of the molecule is C=C(Nc1ccc2c(c1)NC(=O)CC/C=C/C[C@H](N1CCC(c3c(C(F)(F)F)ccc(Cl)c3F)OC1=O)c1nc-2c(Cl)[nH]1)OC. The number of cyclic esters (lactones) is 1. The summed E-state index contributed by atoms with van der Waals surface area (Å²) in [6, 6.07) is 5.76. The fourth-order valence-electron chi connectivity index (χ4n) is 5.22. The first-order valence-corrected chi connectivity index (χ1v) is 14.5. The Morgan fingerprint density at radius 2 is 1.98 bits per heavy atom. The van der Waals surface area contributed by atoms with Gasteiger partial charge in [-0.15, -0.1) is 0 Å². The number of benzene rings is 2. The largest absolute Gasteiger partial charge is 0.483 e. The summed E-state index contributed by atoms with van der Waals surface area (Å²) >= 11 is 12.4. The van der Waals surface area contributed by atoms with Gasteiger partial charge >= 0.3 is 12.3 Å². The maximum absolute atomic E-state index is 14.9. The maximum atomic E-state index is 14.9. The second-order valence-electron chi connectivity index (χ2n) is 10.3. The number of carbonyl (C=O) groups excluding carboxylic acids is 2. The number of rotatable bonds is 5. The number of methoxy groups -OCH3 is 1. The van der Waals surface area contributed by atoms with Crippen LogP contribution in [0.15, 0.2) is 54.9 Å². The predicted octanol–water partition coefficient (Wildman–Crippen LogP) is 8.37. The predicted molar refractivity (Wildman–Crippen MR) is 160 cm³/mol. The van der Waals surface area contributed by atoms with Gasteiger partial charge in [-0.1, -0.05) is 35.4 Å². The van der Waals surface area contributed by atoms with Gasteiger partial charge in [-0.05, 0) is 49.8 Å². The molecule has 1 aromatic heterocycles. The van der Waals surface area contributed by atoms with Crippen molar-refractivity contribution in [2.75, 3.05) is 24.3 Å². The molecule has 0 spiro atoms. The number of hydrogen-bond donors (Lipinski definition) is 3. The molecular weight excluding hydrogens is 641 g/mol. The normalized spacial score (nSPS) is 19.7. The standard InChI is InChI=1S/C30H27Cl2F4N5O4/c1-15(44-2)37-16-8-9-17-20(14-16)38-23(42)7-5-3-4-6-21(28-39-26(17)27(32)40-28)41-13-12-22(45-29(41)43)24-18(30(34,35)36)10-11-19(31)25(24)33/h3-4,8-11,14,21-22,37H,1,5-7,12-13H2,2H3,(H,38,42)(H,39,40)/b4-3+/t21-,22?/m0/s1. The Balaban J connectivity index is 1.49. The highest BCUT2D eigenvalue weighted by Gasteiger charge is 2.42. The van der Waals surface area contributed by atoms with Gasteiger partial charge in [0.05, 0.1) is 29.4 Å². The van der Waals surface area contributed by atoms with E-state index in [1.807, 2.05) is 0 Å². The third kappa shape index (κ3) is 6.89. The van der Waals surface area contributed by atoms with Crippen molar-refractivity contribution in [3.8, 4) is 11.3 Å². The summed E-state index contributed by atoms with van der Waals surface area (Å²) in [6.45, 7) is 3.65. The fraction of sp³-hybridized carbons (Fsp3) is 0.300. The molecule has 9 nitrogen and oxygen atoms in total. The minimum Gasteiger partial charge on any atom is -0.483 e. The van der Waals surface area contributed by atoms with E-state index in [9.17, 15) is 27.2 Å². The molecule has 1 fully saturated rings. The number of ether oxygens (including phenoxy) is 2. The van der Waals surface area contributed by atoms with Gasteiger partial charge in [0.15, 0.2) is 5.88 Å². The topological polar surface area (TPSA) is 109 Å². The van der Waals surface area contributed by atoms with E-state index in [2.05, 4.69) is 27.2 Å². The number of aromatic nitrogens is 2. The van der Waals surface area contributed by atoms with Crippen LogP contribution in [-0.4, -0.2) is 40.5 Å². The number of allylic oxidation sites excluding steroid dienone is 1. The van der Waals surface area contributed by atoms with Crippen LogP contribution in [0.3, 0.4) is 0 Å². The first kappa shape index (κ1) is 32.2. The zero-order chi connectivity index (χ0) is 32.5.